The highest BCUT2D eigenvalue weighted by atomic mass is 35.5. The third kappa shape index (κ3) is 2.88. The number of rotatable bonds is 4. The van der Waals surface area contributed by atoms with Gasteiger partial charge < -0.3 is 14.2 Å². The van der Waals surface area contributed by atoms with Gasteiger partial charge in [0.1, 0.15) is 5.58 Å². The van der Waals surface area contributed by atoms with Crippen LogP contribution in [0.25, 0.3) is 11.0 Å². The Balaban J connectivity index is 1.67. The number of anilines is 1. The van der Waals surface area contributed by atoms with E-state index in [-0.39, 0.29) is 35.7 Å². The van der Waals surface area contributed by atoms with E-state index in [4.69, 9.17) is 16.0 Å². The van der Waals surface area contributed by atoms with E-state index in [1.165, 1.54) is 4.90 Å². The zero-order valence-corrected chi connectivity index (χ0v) is 20.6. The van der Waals surface area contributed by atoms with Crippen LogP contribution in [0.2, 0.25) is 5.02 Å². The van der Waals surface area contributed by atoms with Crippen LogP contribution in [-0.2, 0) is 16.9 Å². The van der Waals surface area contributed by atoms with Crippen molar-refractivity contribution in [2.24, 2.45) is 0 Å². The molecule has 6 nitrogen and oxygen atoms in total. The van der Waals surface area contributed by atoms with E-state index >= 15 is 0 Å². The van der Waals surface area contributed by atoms with Crippen LogP contribution in [0.4, 0.5) is 5.69 Å². The van der Waals surface area contributed by atoms with Crippen molar-refractivity contribution in [3.05, 3.63) is 110 Å². The van der Waals surface area contributed by atoms with Gasteiger partial charge in [-0.05, 0) is 43.2 Å². The first kappa shape index (κ1) is 22.6. The lowest BCUT2D eigenvalue weighted by Gasteiger charge is -2.34. The number of halogens is 1. The Bertz CT molecular complexity index is 1640. The quantitative estimate of drug-likeness (QED) is 0.377. The number of para-hydroxylation sites is 1. The number of fused-ring (bicyclic) bond motifs is 5. The summed E-state index contributed by atoms with van der Waals surface area (Å²) in [4.78, 5) is 45.6. The van der Waals surface area contributed by atoms with E-state index in [0.29, 0.717) is 33.7 Å². The van der Waals surface area contributed by atoms with Crippen molar-refractivity contribution in [1.82, 2.24) is 4.90 Å². The molecule has 0 radical (unpaired) electrons. The molecule has 0 bridgehead atoms. The Kier molecular flexibility index (Phi) is 5.05. The van der Waals surface area contributed by atoms with E-state index in [1.807, 2.05) is 62.4 Å². The molecule has 2 aliphatic heterocycles. The van der Waals surface area contributed by atoms with Crippen LogP contribution in [0.1, 0.15) is 46.2 Å². The lowest BCUT2D eigenvalue weighted by molar-refractivity contribution is -0.126. The molecule has 1 aromatic heterocycles. The van der Waals surface area contributed by atoms with Gasteiger partial charge in [-0.2, -0.15) is 0 Å². The van der Waals surface area contributed by atoms with Gasteiger partial charge in [0.2, 0.25) is 5.76 Å². The molecular weight excluding hydrogens is 476 g/mol. The molecule has 0 fully saturated rings. The number of carbonyl (C=O) groups is 2. The molecule has 0 saturated carbocycles. The van der Waals surface area contributed by atoms with E-state index in [2.05, 4.69) is 0 Å². The highest BCUT2D eigenvalue weighted by molar-refractivity contribution is 6.31. The topological polar surface area (TPSA) is 70.8 Å². The van der Waals surface area contributed by atoms with Crippen LogP contribution in [0.5, 0.6) is 0 Å². The van der Waals surface area contributed by atoms with Gasteiger partial charge in [0.05, 0.1) is 23.2 Å². The number of hydrogen-bond acceptors (Lipinski definition) is 4. The number of amides is 2. The molecule has 1 unspecified atom stereocenters. The summed E-state index contributed by atoms with van der Waals surface area (Å²) in [6.07, 6.45) is 0.605. The van der Waals surface area contributed by atoms with Crippen molar-refractivity contribution in [1.29, 1.82) is 0 Å². The van der Waals surface area contributed by atoms with E-state index in [1.54, 1.807) is 23.1 Å². The Morgan fingerprint density at radius 2 is 1.72 bits per heavy atom. The van der Waals surface area contributed by atoms with Crippen LogP contribution in [0, 0.1) is 6.92 Å². The van der Waals surface area contributed by atoms with Gasteiger partial charge in [0.15, 0.2) is 11.0 Å². The summed E-state index contributed by atoms with van der Waals surface area (Å²) in [5.74, 6) is -0.870. The lowest BCUT2D eigenvalue weighted by Crippen LogP contribution is -2.53. The van der Waals surface area contributed by atoms with Crippen molar-refractivity contribution >= 4 is 40.1 Å². The van der Waals surface area contributed by atoms with Crippen LogP contribution in [0.15, 0.2) is 75.9 Å². The summed E-state index contributed by atoms with van der Waals surface area (Å²) in [6, 6.07) is 20.0. The highest BCUT2D eigenvalue weighted by Crippen LogP contribution is 2.53. The van der Waals surface area contributed by atoms with Gasteiger partial charge in [-0.1, -0.05) is 66.6 Å². The summed E-state index contributed by atoms with van der Waals surface area (Å²) < 4.78 is 6.07. The molecule has 0 aliphatic carbocycles. The maximum absolute atomic E-state index is 14.6. The second-order valence-electron chi connectivity index (χ2n) is 9.30. The number of aryl methyl sites for hydroxylation is 1. The summed E-state index contributed by atoms with van der Waals surface area (Å²) in [7, 11) is 0. The molecule has 0 saturated heterocycles. The van der Waals surface area contributed by atoms with E-state index in [9.17, 15) is 14.4 Å². The number of hydrogen-bond donors (Lipinski definition) is 0. The molecule has 4 aromatic rings. The maximum atomic E-state index is 14.6. The summed E-state index contributed by atoms with van der Waals surface area (Å²) in [5.41, 5.74) is 1.37. The average molecular weight is 499 g/mol. The molecule has 7 heteroatoms. The first-order valence-electron chi connectivity index (χ1n) is 11.9. The smallest absolute Gasteiger partial charge is 0.291 e. The molecular formula is C29H23ClN2O4. The largest absolute Gasteiger partial charge is 0.450 e. The minimum atomic E-state index is -1.60. The average Bonchev–Trinajstić information content (AvgIpc) is 3.26. The van der Waals surface area contributed by atoms with Gasteiger partial charge in [0.25, 0.3) is 11.8 Å². The second-order valence-corrected chi connectivity index (χ2v) is 9.71. The third-order valence-corrected chi connectivity index (χ3v) is 7.49. The number of nitrogens with zero attached hydrogens (tertiary/aromatic N) is 2. The van der Waals surface area contributed by atoms with Gasteiger partial charge in [-0.15, -0.1) is 0 Å². The first-order valence-corrected chi connectivity index (χ1v) is 12.3. The molecule has 0 N–H and O–H groups in total. The predicted molar refractivity (Wildman–Crippen MR) is 138 cm³/mol. The molecule has 180 valence electrons. The van der Waals surface area contributed by atoms with E-state index < -0.39 is 11.4 Å². The van der Waals surface area contributed by atoms with Gasteiger partial charge in [-0.3, -0.25) is 14.4 Å². The molecule has 2 aliphatic rings. The molecule has 2 amide bonds. The minimum absolute atomic E-state index is 0.0625. The fourth-order valence-corrected chi connectivity index (χ4v) is 5.78. The van der Waals surface area contributed by atoms with Gasteiger partial charge >= 0.3 is 0 Å². The standard InChI is InChI=1S/C29H23ClN2O4/c1-3-14-32-27(34)26-24(25(33)19-15-17(2)12-13-23(19)36-26)29(32)20-9-5-7-11-22(20)31(28(29)35)16-18-8-4-6-10-21(18)30/h4-13,15H,3,14,16H2,1-2H3. The second kappa shape index (κ2) is 8.07. The van der Waals surface area contributed by atoms with Crippen LogP contribution < -0.4 is 10.3 Å². The molecule has 36 heavy (non-hydrogen) atoms. The molecule has 3 heterocycles. The van der Waals surface area contributed by atoms with Crippen molar-refractivity contribution in [3.8, 4) is 0 Å². The fourth-order valence-electron chi connectivity index (χ4n) is 5.58. The molecule has 6 rings (SSSR count). The Morgan fingerprint density at radius 3 is 2.50 bits per heavy atom. The van der Waals surface area contributed by atoms with Crippen molar-refractivity contribution in [2.75, 3.05) is 11.4 Å². The first-order chi connectivity index (χ1) is 17.4. The monoisotopic (exact) mass is 498 g/mol. The van der Waals surface area contributed by atoms with Gasteiger partial charge in [0, 0.05) is 17.1 Å². The van der Waals surface area contributed by atoms with Crippen molar-refractivity contribution in [3.63, 3.8) is 0 Å². The number of benzene rings is 3. The van der Waals surface area contributed by atoms with E-state index in [0.717, 1.165) is 11.1 Å². The van der Waals surface area contributed by atoms with Crippen LogP contribution in [0.3, 0.4) is 0 Å². The zero-order valence-electron chi connectivity index (χ0n) is 19.9. The Hall–Kier alpha value is -3.90. The SMILES string of the molecule is CCCN1C(=O)c2oc3ccc(C)cc3c(=O)c2C12C(=O)N(Cc1ccccc1Cl)c1ccccc12. The molecule has 1 atom stereocenters. The Morgan fingerprint density at radius 1 is 0.972 bits per heavy atom. The fraction of sp³-hybridized carbons (Fsp3) is 0.207. The van der Waals surface area contributed by atoms with Crippen molar-refractivity contribution < 1.29 is 14.0 Å². The molecule has 3 aromatic carbocycles. The van der Waals surface area contributed by atoms with Crippen LogP contribution in [-0.4, -0.2) is 23.3 Å². The zero-order chi connectivity index (χ0) is 25.2. The summed E-state index contributed by atoms with van der Waals surface area (Å²) in [6.45, 7) is 4.32. The third-order valence-electron chi connectivity index (χ3n) is 7.12. The maximum Gasteiger partial charge on any atom is 0.291 e. The summed E-state index contributed by atoms with van der Waals surface area (Å²) >= 11 is 6.45. The summed E-state index contributed by atoms with van der Waals surface area (Å²) in [5, 5.41) is 0.895. The van der Waals surface area contributed by atoms with Crippen LogP contribution >= 0.6 is 11.6 Å². The highest BCUT2D eigenvalue weighted by Gasteiger charge is 2.64. The predicted octanol–water partition coefficient (Wildman–Crippen LogP) is 5.41. The normalized spacial score (nSPS) is 18.4. The van der Waals surface area contributed by atoms with Gasteiger partial charge in [-0.25, -0.2) is 0 Å². The minimum Gasteiger partial charge on any atom is -0.450 e. The Labute approximate surface area is 212 Å². The number of carbonyl (C=O) groups excluding carboxylic acids is 2. The lowest BCUT2D eigenvalue weighted by atomic mass is 9.84. The van der Waals surface area contributed by atoms with Crippen molar-refractivity contribution in [2.45, 2.75) is 32.4 Å². The molecule has 1 spiro atoms.